The minimum absolute atomic E-state index is 0.0731. The smallest absolute Gasteiger partial charge is 0.336 e. The molecule has 0 saturated carbocycles. The lowest BCUT2D eigenvalue weighted by Gasteiger charge is -2.08. The van der Waals surface area contributed by atoms with Crippen molar-refractivity contribution in [2.24, 2.45) is 0 Å². The van der Waals surface area contributed by atoms with Crippen LogP contribution in [-0.2, 0) is 27.2 Å². The SMILES string of the molecule is O=C(Cc1ccc(Br)cc1)Nc1ccc(CC2=CC(=O)OC2=C(Br)Br)cc1. The Labute approximate surface area is 182 Å². The van der Waals surface area contributed by atoms with Crippen molar-refractivity contribution in [2.75, 3.05) is 5.32 Å². The molecule has 0 atom stereocenters. The molecule has 7 heteroatoms. The topological polar surface area (TPSA) is 55.4 Å². The number of anilines is 1. The van der Waals surface area contributed by atoms with Gasteiger partial charge in [0.15, 0.2) is 5.76 Å². The number of halogens is 3. The number of benzene rings is 2. The first kappa shape index (κ1) is 20.0. The van der Waals surface area contributed by atoms with Crippen molar-refractivity contribution in [3.05, 3.63) is 84.9 Å². The van der Waals surface area contributed by atoms with E-state index in [4.69, 9.17) is 4.74 Å². The molecule has 0 fully saturated rings. The van der Waals surface area contributed by atoms with E-state index in [1.54, 1.807) is 0 Å². The summed E-state index contributed by atoms with van der Waals surface area (Å²) >= 11 is 9.94. The molecule has 0 saturated heterocycles. The van der Waals surface area contributed by atoms with E-state index in [1.807, 2.05) is 48.5 Å². The molecule has 1 N–H and O–H groups in total. The van der Waals surface area contributed by atoms with Gasteiger partial charge in [0.25, 0.3) is 0 Å². The molecule has 138 valence electrons. The molecule has 0 spiro atoms. The van der Waals surface area contributed by atoms with Gasteiger partial charge < -0.3 is 10.1 Å². The summed E-state index contributed by atoms with van der Waals surface area (Å²) < 4.78 is 6.73. The van der Waals surface area contributed by atoms with Gasteiger partial charge in [-0.25, -0.2) is 4.79 Å². The second-order valence-corrected chi connectivity index (χ2v) is 9.47. The van der Waals surface area contributed by atoms with E-state index in [0.717, 1.165) is 26.9 Å². The Balaban J connectivity index is 1.61. The van der Waals surface area contributed by atoms with Crippen LogP contribution in [0.4, 0.5) is 5.69 Å². The number of ether oxygens (including phenoxy) is 1. The second kappa shape index (κ2) is 8.99. The molecule has 1 heterocycles. The fourth-order valence-corrected chi connectivity index (χ4v) is 3.55. The second-order valence-electron chi connectivity index (χ2n) is 5.91. The summed E-state index contributed by atoms with van der Waals surface area (Å²) in [6, 6.07) is 15.2. The summed E-state index contributed by atoms with van der Waals surface area (Å²) in [5, 5.41) is 2.89. The predicted octanol–water partition coefficient (Wildman–Crippen LogP) is 5.61. The first-order valence-corrected chi connectivity index (χ1v) is 10.4. The van der Waals surface area contributed by atoms with Gasteiger partial charge in [0.1, 0.15) is 3.39 Å². The first-order chi connectivity index (χ1) is 12.9. The van der Waals surface area contributed by atoms with Crippen LogP contribution in [0.2, 0.25) is 0 Å². The van der Waals surface area contributed by atoms with Crippen molar-refractivity contribution in [3.8, 4) is 0 Å². The number of nitrogens with one attached hydrogen (secondary N) is 1. The number of carbonyl (C=O) groups is 2. The Kier molecular flexibility index (Phi) is 6.68. The standard InChI is InChI=1S/C20H14Br3NO3/c21-15-5-1-13(2-6-15)10-17(25)24-16-7-3-12(4-8-16)9-14-11-18(26)27-19(14)20(22)23/h1-8,11H,9-10H2,(H,24,25). The third kappa shape index (κ3) is 5.64. The summed E-state index contributed by atoms with van der Waals surface area (Å²) in [6.07, 6.45) is 2.34. The van der Waals surface area contributed by atoms with Gasteiger partial charge in [0.2, 0.25) is 5.91 Å². The van der Waals surface area contributed by atoms with E-state index < -0.39 is 0 Å². The van der Waals surface area contributed by atoms with E-state index in [-0.39, 0.29) is 11.9 Å². The van der Waals surface area contributed by atoms with Crippen molar-refractivity contribution in [2.45, 2.75) is 12.8 Å². The minimum atomic E-state index is -0.381. The maximum Gasteiger partial charge on any atom is 0.336 e. The molecule has 4 nitrogen and oxygen atoms in total. The average Bonchev–Trinajstić information content (AvgIpc) is 2.99. The van der Waals surface area contributed by atoms with Crippen LogP contribution in [0, 0.1) is 0 Å². The zero-order valence-electron chi connectivity index (χ0n) is 14.0. The Morgan fingerprint density at radius 2 is 1.59 bits per heavy atom. The van der Waals surface area contributed by atoms with Gasteiger partial charge in [0.05, 0.1) is 6.42 Å². The van der Waals surface area contributed by atoms with Gasteiger partial charge in [-0.05, 0) is 67.3 Å². The average molecular weight is 556 g/mol. The Hall–Kier alpha value is -1.70. The molecule has 0 aromatic heterocycles. The lowest BCUT2D eigenvalue weighted by atomic mass is 10.0. The largest absolute Gasteiger partial charge is 0.421 e. The van der Waals surface area contributed by atoms with Crippen LogP contribution in [0.5, 0.6) is 0 Å². The van der Waals surface area contributed by atoms with Crippen LogP contribution in [0.25, 0.3) is 0 Å². The van der Waals surface area contributed by atoms with Crippen molar-refractivity contribution in [1.29, 1.82) is 0 Å². The molecule has 0 bridgehead atoms. The lowest BCUT2D eigenvalue weighted by Crippen LogP contribution is -2.14. The maximum absolute atomic E-state index is 12.2. The molecule has 1 aliphatic heterocycles. The van der Waals surface area contributed by atoms with Gasteiger partial charge in [-0.3, -0.25) is 4.79 Å². The van der Waals surface area contributed by atoms with E-state index in [9.17, 15) is 9.59 Å². The Morgan fingerprint density at radius 3 is 2.22 bits per heavy atom. The molecule has 1 aliphatic rings. The highest BCUT2D eigenvalue weighted by Gasteiger charge is 2.22. The zero-order valence-corrected chi connectivity index (χ0v) is 18.7. The van der Waals surface area contributed by atoms with E-state index >= 15 is 0 Å². The Bertz CT molecular complexity index is 928. The highest BCUT2D eigenvalue weighted by Crippen LogP contribution is 2.32. The summed E-state index contributed by atoms with van der Waals surface area (Å²) in [7, 11) is 0. The number of amides is 1. The van der Waals surface area contributed by atoms with Gasteiger partial charge in [-0.1, -0.05) is 40.2 Å². The summed E-state index contributed by atoms with van der Waals surface area (Å²) in [5.41, 5.74) is 3.47. The van der Waals surface area contributed by atoms with Crippen LogP contribution < -0.4 is 5.32 Å². The quantitative estimate of drug-likeness (QED) is 0.488. The number of rotatable bonds is 5. The molecule has 0 unspecified atom stereocenters. The normalized spacial score (nSPS) is 13.2. The highest BCUT2D eigenvalue weighted by molar-refractivity contribution is 9.28. The van der Waals surface area contributed by atoms with Gasteiger partial charge in [0, 0.05) is 28.2 Å². The molecule has 2 aromatic carbocycles. The molecule has 0 aliphatic carbocycles. The predicted molar refractivity (Wildman–Crippen MR) is 116 cm³/mol. The van der Waals surface area contributed by atoms with Crippen LogP contribution in [0.15, 0.2) is 73.8 Å². The molecule has 27 heavy (non-hydrogen) atoms. The highest BCUT2D eigenvalue weighted by atomic mass is 79.9. The summed E-state index contributed by atoms with van der Waals surface area (Å²) in [5.74, 6) is 0.0381. The number of hydrogen-bond acceptors (Lipinski definition) is 3. The van der Waals surface area contributed by atoms with Crippen molar-refractivity contribution >= 4 is 65.4 Å². The molecular weight excluding hydrogens is 542 g/mol. The summed E-state index contributed by atoms with van der Waals surface area (Å²) in [4.78, 5) is 23.7. The van der Waals surface area contributed by atoms with Crippen LogP contribution in [0.1, 0.15) is 11.1 Å². The van der Waals surface area contributed by atoms with E-state index in [1.165, 1.54) is 6.08 Å². The Morgan fingerprint density at radius 1 is 0.963 bits per heavy atom. The summed E-state index contributed by atoms with van der Waals surface area (Å²) in [6.45, 7) is 0. The number of carbonyl (C=O) groups excluding carboxylic acids is 2. The molecule has 1 amide bonds. The minimum Gasteiger partial charge on any atom is -0.421 e. The van der Waals surface area contributed by atoms with Gasteiger partial charge >= 0.3 is 5.97 Å². The first-order valence-electron chi connectivity index (χ1n) is 8.02. The van der Waals surface area contributed by atoms with Crippen LogP contribution in [0.3, 0.4) is 0 Å². The molecule has 0 radical (unpaired) electrons. The molecule has 2 aromatic rings. The number of cyclic esters (lactones) is 1. The third-order valence-electron chi connectivity index (χ3n) is 3.87. The fraction of sp³-hybridized carbons (Fsp3) is 0.100. The molecule has 3 rings (SSSR count). The number of hydrogen-bond donors (Lipinski definition) is 1. The number of esters is 1. The number of allylic oxidation sites excluding steroid dienone is 1. The van der Waals surface area contributed by atoms with Gasteiger partial charge in [-0.15, -0.1) is 0 Å². The van der Waals surface area contributed by atoms with Crippen LogP contribution >= 0.6 is 47.8 Å². The van der Waals surface area contributed by atoms with Crippen molar-refractivity contribution in [3.63, 3.8) is 0 Å². The third-order valence-corrected chi connectivity index (χ3v) is 5.12. The lowest BCUT2D eigenvalue weighted by molar-refractivity contribution is -0.132. The zero-order chi connectivity index (χ0) is 19.4. The van der Waals surface area contributed by atoms with E-state index in [0.29, 0.717) is 22.0 Å². The van der Waals surface area contributed by atoms with Crippen molar-refractivity contribution < 1.29 is 14.3 Å². The fourth-order valence-electron chi connectivity index (χ4n) is 2.61. The molecular formula is C20H14Br3NO3. The van der Waals surface area contributed by atoms with Gasteiger partial charge in [-0.2, -0.15) is 0 Å². The van der Waals surface area contributed by atoms with Crippen LogP contribution in [-0.4, -0.2) is 11.9 Å². The maximum atomic E-state index is 12.2. The van der Waals surface area contributed by atoms with E-state index in [2.05, 4.69) is 53.1 Å². The van der Waals surface area contributed by atoms with Crippen molar-refractivity contribution in [1.82, 2.24) is 0 Å². The monoisotopic (exact) mass is 553 g/mol.